The first-order valence-corrected chi connectivity index (χ1v) is 6.42. The van der Waals surface area contributed by atoms with Crippen LogP contribution in [0.15, 0.2) is 46.1 Å². The van der Waals surface area contributed by atoms with Crippen molar-refractivity contribution < 1.29 is 4.79 Å². The van der Waals surface area contributed by atoms with Crippen molar-refractivity contribution >= 4 is 27.5 Å². The first-order chi connectivity index (χ1) is 9.06. The molecular formula is C13H12BrN3O2. The van der Waals surface area contributed by atoms with E-state index in [2.05, 4.69) is 26.2 Å². The predicted octanol–water partition coefficient (Wildman–Crippen LogP) is 1.95. The zero-order valence-corrected chi connectivity index (χ0v) is 11.8. The van der Waals surface area contributed by atoms with Crippen LogP contribution in [0.3, 0.4) is 0 Å². The van der Waals surface area contributed by atoms with Gasteiger partial charge in [0.2, 0.25) is 5.91 Å². The highest BCUT2D eigenvalue weighted by atomic mass is 79.9. The fourth-order valence-electron chi connectivity index (χ4n) is 1.53. The van der Waals surface area contributed by atoms with Crippen LogP contribution >= 0.6 is 15.9 Å². The second-order valence-electron chi connectivity index (χ2n) is 4.09. The molecule has 1 N–H and O–H groups in total. The molecule has 6 heteroatoms. The highest BCUT2D eigenvalue weighted by Crippen LogP contribution is 2.08. The van der Waals surface area contributed by atoms with Crippen LogP contribution in [0.1, 0.15) is 5.56 Å². The summed E-state index contributed by atoms with van der Waals surface area (Å²) in [7, 11) is 0. The molecule has 0 fully saturated rings. The third kappa shape index (κ3) is 3.51. The van der Waals surface area contributed by atoms with Gasteiger partial charge in [-0.3, -0.25) is 14.2 Å². The van der Waals surface area contributed by atoms with Gasteiger partial charge in [-0.05, 0) is 35.0 Å². The van der Waals surface area contributed by atoms with Gasteiger partial charge in [-0.2, -0.15) is 0 Å². The molecule has 0 aliphatic rings. The molecule has 0 radical (unpaired) electrons. The first-order valence-electron chi connectivity index (χ1n) is 5.63. The van der Waals surface area contributed by atoms with Crippen molar-refractivity contribution in [3.8, 4) is 0 Å². The van der Waals surface area contributed by atoms with Gasteiger partial charge >= 0.3 is 0 Å². The molecule has 1 amide bonds. The Morgan fingerprint density at radius 1 is 1.37 bits per heavy atom. The minimum Gasteiger partial charge on any atom is -0.325 e. The lowest BCUT2D eigenvalue weighted by atomic mass is 10.2. The minimum absolute atomic E-state index is 0.0703. The molecule has 0 atom stereocenters. The zero-order valence-electron chi connectivity index (χ0n) is 10.3. The van der Waals surface area contributed by atoms with E-state index in [9.17, 15) is 9.59 Å². The number of carbonyl (C=O) groups excluding carboxylic acids is 1. The van der Waals surface area contributed by atoms with Crippen LogP contribution in [0.25, 0.3) is 0 Å². The van der Waals surface area contributed by atoms with Gasteiger partial charge in [0.15, 0.2) is 0 Å². The van der Waals surface area contributed by atoms with Gasteiger partial charge in [0.1, 0.15) is 11.0 Å². The van der Waals surface area contributed by atoms with E-state index in [0.717, 1.165) is 5.56 Å². The molecular weight excluding hydrogens is 310 g/mol. The quantitative estimate of drug-likeness (QED) is 0.939. The number of carbonyl (C=O) groups is 1. The predicted molar refractivity (Wildman–Crippen MR) is 76.0 cm³/mol. The topological polar surface area (TPSA) is 64.0 Å². The average Bonchev–Trinajstić information content (AvgIpc) is 2.38. The maximum absolute atomic E-state index is 11.8. The normalized spacial score (nSPS) is 10.2. The lowest BCUT2D eigenvalue weighted by Gasteiger charge is -2.07. The fourth-order valence-corrected chi connectivity index (χ4v) is 1.87. The van der Waals surface area contributed by atoms with Crippen LogP contribution in [0.5, 0.6) is 0 Å². The number of halogens is 1. The average molecular weight is 322 g/mol. The van der Waals surface area contributed by atoms with E-state index in [4.69, 9.17) is 0 Å². The van der Waals surface area contributed by atoms with E-state index in [-0.39, 0.29) is 18.0 Å². The molecule has 5 nitrogen and oxygen atoms in total. The number of aromatic nitrogens is 2. The molecule has 1 aromatic carbocycles. The number of rotatable bonds is 3. The molecule has 98 valence electrons. The Kier molecular flexibility index (Phi) is 4.11. The second-order valence-corrected chi connectivity index (χ2v) is 4.94. The van der Waals surface area contributed by atoms with Crippen molar-refractivity contribution in [2.24, 2.45) is 0 Å². The van der Waals surface area contributed by atoms with Crippen LogP contribution in [0, 0.1) is 6.92 Å². The monoisotopic (exact) mass is 321 g/mol. The Bertz CT molecular complexity index is 650. The van der Waals surface area contributed by atoms with Crippen molar-refractivity contribution in [3.05, 3.63) is 57.2 Å². The Morgan fingerprint density at radius 2 is 2.05 bits per heavy atom. The molecule has 2 aromatic rings. The standard InChI is InChI=1S/C13H12BrN3O2/c1-9-2-4-10(5-3-9)16-12(18)7-17-8-15-6-11(14)13(17)19/h2-6,8H,7H2,1H3,(H,16,18). The van der Waals surface area contributed by atoms with E-state index >= 15 is 0 Å². The summed E-state index contributed by atoms with van der Waals surface area (Å²) in [5.74, 6) is -0.272. The fraction of sp³-hybridized carbons (Fsp3) is 0.154. The molecule has 19 heavy (non-hydrogen) atoms. The molecule has 0 aliphatic carbocycles. The highest BCUT2D eigenvalue weighted by Gasteiger charge is 2.07. The lowest BCUT2D eigenvalue weighted by Crippen LogP contribution is -2.28. The largest absolute Gasteiger partial charge is 0.325 e. The lowest BCUT2D eigenvalue weighted by molar-refractivity contribution is -0.116. The summed E-state index contributed by atoms with van der Waals surface area (Å²) in [6.07, 6.45) is 2.73. The van der Waals surface area contributed by atoms with Crippen LogP contribution < -0.4 is 10.9 Å². The summed E-state index contributed by atoms with van der Waals surface area (Å²) in [6, 6.07) is 7.44. The number of aryl methyl sites for hydroxylation is 1. The number of hydrogen-bond donors (Lipinski definition) is 1. The Balaban J connectivity index is 2.07. The zero-order chi connectivity index (χ0) is 13.8. The maximum atomic E-state index is 11.8. The Morgan fingerprint density at radius 3 is 2.74 bits per heavy atom. The summed E-state index contributed by atoms with van der Waals surface area (Å²) < 4.78 is 1.58. The van der Waals surface area contributed by atoms with Gasteiger partial charge in [0, 0.05) is 11.9 Å². The van der Waals surface area contributed by atoms with Crippen LogP contribution in [-0.2, 0) is 11.3 Å². The third-order valence-corrected chi connectivity index (χ3v) is 3.05. The molecule has 0 saturated heterocycles. The molecule has 0 spiro atoms. The minimum atomic E-state index is -0.283. The smallest absolute Gasteiger partial charge is 0.268 e. The van der Waals surface area contributed by atoms with Crippen molar-refractivity contribution in [3.63, 3.8) is 0 Å². The molecule has 1 heterocycles. The molecule has 1 aromatic heterocycles. The number of amides is 1. The summed E-state index contributed by atoms with van der Waals surface area (Å²) in [4.78, 5) is 27.4. The number of nitrogens with one attached hydrogen (secondary N) is 1. The summed E-state index contributed by atoms with van der Waals surface area (Å²) in [5, 5.41) is 2.72. The van der Waals surface area contributed by atoms with Crippen LogP contribution in [-0.4, -0.2) is 15.5 Å². The van der Waals surface area contributed by atoms with Crippen molar-refractivity contribution in [2.45, 2.75) is 13.5 Å². The van der Waals surface area contributed by atoms with Crippen LogP contribution in [0.4, 0.5) is 5.69 Å². The molecule has 0 saturated carbocycles. The molecule has 0 aliphatic heterocycles. The van der Waals surface area contributed by atoms with E-state index in [1.807, 2.05) is 31.2 Å². The van der Waals surface area contributed by atoms with Gasteiger partial charge in [-0.15, -0.1) is 0 Å². The number of benzene rings is 1. The number of nitrogens with zero attached hydrogens (tertiary/aromatic N) is 2. The third-order valence-electron chi connectivity index (χ3n) is 2.51. The number of anilines is 1. The van der Waals surface area contributed by atoms with E-state index in [0.29, 0.717) is 10.2 Å². The summed E-state index contributed by atoms with van der Waals surface area (Å²) in [6.45, 7) is 1.90. The SMILES string of the molecule is Cc1ccc(NC(=O)Cn2cncc(Br)c2=O)cc1. The maximum Gasteiger partial charge on any atom is 0.268 e. The van der Waals surface area contributed by atoms with Gasteiger partial charge in [-0.25, -0.2) is 4.98 Å². The van der Waals surface area contributed by atoms with Crippen molar-refractivity contribution in [1.29, 1.82) is 0 Å². The molecule has 2 rings (SSSR count). The molecule has 0 unspecified atom stereocenters. The van der Waals surface area contributed by atoms with E-state index in [1.165, 1.54) is 17.1 Å². The van der Waals surface area contributed by atoms with Gasteiger partial charge in [0.25, 0.3) is 5.56 Å². The first kappa shape index (κ1) is 13.5. The van der Waals surface area contributed by atoms with Gasteiger partial charge in [0.05, 0.1) is 6.33 Å². The summed E-state index contributed by atoms with van der Waals surface area (Å²) >= 11 is 3.08. The second kappa shape index (κ2) is 5.79. The number of hydrogen-bond acceptors (Lipinski definition) is 3. The summed E-state index contributed by atoms with van der Waals surface area (Å²) in [5.41, 5.74) is 1.53. The van der Waals surface area contributed by atoms with Crippen molar-refractivity contribution in [2.75, 3.05) is 5.32 Å². The Labute approximate surface area is 118 Å². The van der Waals surface area contributed by atoms with Crippen molar-refractivity contribution in [1.82, 2.24) is 9.55 Å². The van der Waals surface area contributed by atoms with E-state index < -0.39 is 0 Å². The Hall–Kier alpha value is -1.95. The van der Waals surface area contributed by atoms with Gasteiger partial charge < -0.3 is 5.32 Å². The van der Waals surface area contributed by atoms with E-state index in [1.54, 1.807) is 0 Å². The highest BCUT2D eigenvalue weighted by molar-refractivity contribution is 9.10. The van der Waals surface area contributed by atoms with Gasteiger partial charge in [-0.1, -0.05) is 17.7 Å². The molecule has 0 bridgehead atoms. The van der Waals surface area contributed by atoms with Crippen LogP contribution in [0.2, 0.25) is 0 Å².